The predicted octanol–water partition coefficient (Wildman–Crippen LogP) is 4.62. The molecule has 1 fully saturated rings. The highest BCUT2D eigenvalue weighted by Crippen LogP contribution is 2.39. The van der Waals surface area contributed by atoms with Gasteiger partial charge in [-0.15, -0.1) is 12.6 Å². The summed E-state index contributed by atoms with van der Waals surface area (Å²) in [6.45, 7) is 1.99. The molecule has 3 N–H and O–H groups in total. The summed E-state index contributed by atoms with van der Waals surface area (Å²) in [6.07, 6.45) is 1.97. The number of carbonyl (C=O) groups is 2. The van der Waals surface area contributed by atoms with Gasteiger partial charge >= 0.3 is 5.97 Å². The monoisotopic (exact) mass is 480 g/mol. The number of carboxylic acid groups (broad SMARTS) is 1. The highest BCUT2D eigenvalue weighted by atomic mass is 32.2. The fourth-order valence-electron chi connectivity index (χ4n) is 3.50. The molecule has 8 heteroatoms. The Morgan fingerprint density at radius 1 is 1.15 bits per heavy atom. The van der Waals surface area contributed by atoms with Gasteiger partial charge in [-0.05, 0) is 30.2 Å². The van der Waals surface area contributed by atoms with Crippen LogP contribution in [0, 0.1) is 0 Å². The SMILES string of the molecule is CC(N)(Cc1ccc(-c2ccc(/C=C3\SC(S)N(Cc4ccccc4)C3=O)o2)cc1)C(=O)O. The Morgan fingerprint density at radius 3 is 2.52 bits per heavy atom. The molecule has 2 unspecified atom stereocenters. The Kier molecular flexibility index (Phi) is 6.69. The first-order valence-corrected chi connectivity index (χ1v) is 11.8. The van der Waals surface area contributed by atoms with Crippen LogP contribution < -0.4 is 5.73 Å². The van der Waals surface area contributed by atoms with Gasteiger partial charge in [0.25, 0.3) is 5.91 Å². The molecule has 170 valence electrons. The van der Waals surface area contributed by atoms with Crippen LogP contribution in [0.1, 0.15) is 23.8 Å². The second-order valence-electron chi connectivity index (χ2n) is 8.17. The molecular weight excluding hydrogens is 456 g/mol. The summed E-state index contributed by atoms with van der Waals surface area (Å²) in [5, 5.41) is 9.20. The zero-order valence-electron chi connectivity index (χ0n) is 18.0. The standard InChI is InChI=1S/C25H24N2O4S2/c1-25(26,23(29)30)14-16-7-9-18(10-8-16)20-12-11-19(31-20)13-21-22(28)27(24(32)33-21)15-17-5-3-2-4-6-17/h2-13,24,32H,14-15,26H2,1H3,(H,29,30)/b21-13-. The molecule has 0 radical (unpaired) electrons. The van der Waals surface area contributed by atoms with Crippen molar-refractivity contribution in [2.24, 2.45) is 5.73 Å². The van der Waals surface area contributed by atoms with Crippen LogP contribution in [0.4, 0.5) is 0 Å². The average molecular weight is 481 g/mol. The fourth-order valence-corrected chi connectivity index (χ4v) is 4.95. The van der Waals surface area contributed by atoms with Gasteiger partial charge in [0.05, 0.1) is 4.91 Å². The van der Waals surface area contributed by atoms with Gasteiger partial charge in [0.2, 0.25) is 0 Å². The molecule has 1 aliphatic rings. The number of furan rings is 1. The van der Waals surface area contributed by atoms with Crippen molar-refractivity contribution >= 4 is 42.3 Å². The highest BCUT2D eigenvalue weighted by molar-refractivity contribution is 8.14. The highest BCUT2D eigenvalue weighted by Gasteiger charge is 2.34. The summed E-state index contributed by atoms with van der Waals surface area (Å²) in [7, 11) is 0. The van der Waals surface area contributed by atoms with Crippen LogP contribution >= 0.6 is 24.4 Å². The number of hydrogen-bond acceptors (Lipinski definition) is 6. The maximum atomic E-state index is 12.9. The van der Waals surface area contributed by atoms with E-state index in [0.29, 0.717) is 23.0 Å². The van der Waals surface area contributed by atoms with E-state index in [9.17, 15) is 14.7 Å². The zero-order chi connectivity index (χ0) is 23.6. The van der Waals surface area contributed by atoms with E-state index in [1.165, 1.54) is 18.7 Å². The third-order valence-electron chi connectivity index (χ3n) is 5.36. The molecule has 0 bridgehead atoms. The van der Waals surface area contributed by atoms with E-state index in [2.05, 4.69) is 12.6 Å². The lowest BCUT2D eigenvalue weighted by Gasteiger charge is -2.19. The number of thiol groups is 1. The maximum Gasteiger partial charge on any atom is 0.323 e. The van der Waals surface area contributed by atoms with Crippen molar-refractivity contribution in [3.05, 3.63) is 88.5 Å². The number of amides is 1. The number of thioether (sulfide) groups is 1. The molecule has 2 aromatic carbocycles. The first-order valence-electron chi connectivity index (χ1n) is 10.4. The summed E-state index contributed by atoms with van der Waals surface area (Å²) < 4.78 is 5.68. The Balaban J connectivity index is 1.46. The van der Waals surface area contributed by atoms with Gasteiger partial charge in [0.1, 0.15) is 21.8 Å². The van der Waals surface area contributed by atoms with Gasteiger partial charge < -0.3 is 20.2 Å². The van der Waals surface area contributed by atoms with Gasteiger partial charge in [-0.25, -0.2) is 0 Å². The van der Waals surface area contributed by atoms with E-state index in [0.717, 1.165) is 16.7 Å². The van der Waals surface area contributed by atoms with Crippen molar-refractivity contribution in [1.29, 1.82) is 0 Å². The van der Waals surface area contributed by atoms with Crippen LogP contribution in [-0.4, -0.2) is 32.1 Å². The number of nitrogens with two attached hydrogens (primary N) is 1. The molecule has 0 saturated carbocycles. The molecule has 1 aliphatic heterocycles. The van der Waals surface area contributed by atoms with E-state index in [-0.39, 0.29) is 17.0 Å². The summed E-state index contributed by atoms with van der Waals surface area (Å²) in [5.74, 6) is 0.114. The van der Waals surface area contributed by atoms with E-state index in [4.69, 9.17) is 10.2 Å². The summed E-state index contributed by atoms with van der Waals surface area (Å²) >= 11 is 5.96. The van der Waals surface area contributed by atoms with Crippen LogP contribution in [0.2, 0.25) is 0 Å². The van der Waals surface area contributed by atoms with Gasteiger partial charge in [-0.1, -0.05) is 66.4 Å². The first-order chi connectivity index (χ1) is 15.7. The molecule has 0 aliphatic carbocycles. The van der Waals surface area contributed by atoms with Crippen molar-refractivity contribution in [1.82, 2.24) is 4.90 Å². The van der Waals surface area contributed by atoms with Crippen molar-refractivity contribution in [2.75, 3.05) is 0 Å². The maximum absolute atomic E-state index is 12.9. The van der Waals surface area contributed by atoms with Crippen LogP contribution in [0.3, 0.4) is 0 Å². The molecule has 2 atom stereocenters. The minimum Gasteiger partial charge on any atom is -0.480 e. The Labute approximate surface area is 201 Å². The summed E-state index contributed by atoms with van der Waals surface area (Å²) in [4.78, 5) is 26.4. The van der Waals surface area contributed by atoms with Gasteiger partial charge in [-0.3, -0.25) is 9.59 Å². The number of aliphatic carboxylic acids is 1. The minimum absolute atomic E-state index is 0.0746. The average Bonchev–Trinajstić information content (AvgIpc) is 3.35. The fraction of sp³-hybridized carbons (Fsp3) is 0.200. The quantitative estimate of drug-likeness (QED) is 0.337. The first kappa shape index (κ1) is 23.2. The lowest BCUT2D eigenvalue weighted by atomic mass is 9.93. The van der Waals surface area contributed by atoms with Crippen molar-refractivity contribution in [3.63, 3.8) is 0 Å². The molecule has 0 spiro atoms. The number of carboxylic acids is 1. The molecule has 1 saturated heterocycles. The number of rotatable bonds is 7. The molecule has 6 nitrogen and oxygen atoms in total. The number of hydrogen-bond donors (Lipinski definition) is 3. The van der Waals surface area contributed by atoms with Crippen molar-refractivity contribution in [3.8, 4) is 11.3 Å². The van der Waals surface area contributed by atoms with Crippen LogP contribution in [0.15, 0.2) is 76.1 Å². The largest absolute Gasteiger partial charge is 0.480 e. The molecule has 1 aromatic heterocycles. The predicted molar refractivity (Wildman–Crippen MR) is 133 cm³/mol. The summed E-state index contributed by atoms with van der Waals surface area (Å²) in [5.41, 5.74) is 7.23. The second kappa shape index (κ2) is 9.51. The second-order valence-corrected chi connectivity index (χ2v) is 10.1. The topological polar surface area (TPSA) is 96.8 Å². The number of carbonyl (C=O) groups excluding carboxylic acids is 1. The van der Waals surface area contributed by atoms with E-state index in [1.54, 1.807) is 11.0 Å². The lowest BCUT2D eigenvalue weighted by Crippen LogP contribution is -2.46. The van der Waals surface area contributed by atoms with Gasteiger partial charge in [0, 0.05) is 24.6 Å². The number of benzene rings is 2. The van der Waals surface area contributed by atoms with E-state index >= 15 is 0 Å². The molecular formula is C25H24N2O4S2. The zero-order valence-corrected chi connectivity index (χ0v) is 19.7. The smallest absolute Gasteiger partial charge is 0.323 e. The molecule has 3 aromatic rings. The third kappa shape index (κ3) is 5.35. The van der Waals surface area contributed by atoms with E-state index < -0.39 is 11.5 Å². The normalized spacial score (nSPS) is 19.1. The Bertz CT molecular complexity index is 1190. The Morgan fingerprint density at radius 2 is 1.85 bits per heavy atom. The summed E-state index contributed by atoms with van der Waals surface area (Å²) in [6, 6.07) is 20.9. The molecule has 4 rings (SSSR count). The van der Waals surface area contributed by atoms with Gasteiger partial charge in [-0.2, -0.15) is 0 Å². The molecule has 33 heavy (non-hydrogen) atoms. The van der Waals surface area contributed by atoms with Gasteiger partial charge in [0.15, 0.2) is 0 Å². The van der Waals surface area contributed by atoms with Crippen LogP contribution in [-0.2, 0) is 22.6 Å². The number of nitrogens with zero attached hydrogens (tertiary/aromatic N) is 1. The minimum atomic E-state index is -1.32. The van der Waals surface area contributed by atoms with Crippen molar-refractivity contribution < 1.29 is 19.1 Å². The van der Waals surface area contributed by atoms with E-state index in [1.807, 2.05) is 66.7 Å². The van der Waals surface area contributed by atoms with Crippen LogP contribution in [0.5, 0.6) is 0 Å². The third-order valence-corrected chi connectivity index (χ3v) is 6.97. The molecule has 1 amide bonds. The lowest BCUT2D eigenvalue weighted by molar-refractivity contribution is -0.142. The Hall–Kier alpha value is -2.94. The van der Waals surface area contributed by atoms with Crippen LogP contribution in [0.25, 0.3) is 17.4 Å². The van der Waals surface area contributed by atoms with Crippen molar-refractivity contribution in [2.45, 2.75) is 30.1 Å². The molecule has 2 heterocycles.